The lowest BCUT2D eigenvalue weighted by molar-refractivity contribution is -0.0500. The average Bonchev–Trinajstić information content (AvgIpc) is 2.69. The molecule has 2 rings (SSSR count). The zero-order valence-corrected chi connectivity index (χ0v) is 11.7. The zero-order chi connectivity index (χ0) is 15.8. The molecule has 2 aromatic rings. The molecule has 0 bridgehead atoms. The molecule has 0 saturated carbocycles. The van der Waals surface area contributed by atoms with Gasteiger partial charge in [0.05, 0.1) is 5.69 Å². The van der Waals surface area contributed by atoms with Crippen LogP contribution in [0.3, 0.4) is 0 Å². The third-order valence-electron chi connectivity index (χ3n) is 2.67. The van der Waals surface area contributed by atoms with Gasteiger partial charge in [-0.2, -0.15) is 21.6 Å². The fourth-order valence-corrected chi connectivity index (χ4v) is 2.21. The Morgan fingerprint density at radius 1 is 1.14 bits per heavy atom. The molecule has 0 saturated heterocycles. The van der Waals surface area contributed by atoms with Crippen LogP contribution in [0.1, 0.15) is 11.5 Å². The second kappa shape index (κ2) is 5.06. The lowest BCUT2D eigenvalue weighted by atomic mass is 10.0. The molecule has 114 valence electrons. The van der Waals surface area contributed by atoms with Crippen LogP contribution in [0.5, 0.6) is 5.75 Å². The molecular formula is C12H10F3NO4S. The van der Waals surface area contributed by atoms with Gasteiger partial charge in [0.25, 0.3) is 0 Å². The highest BCUT2D eigenvalue weighted by atomic mass is 32.2. The number of aryl methyl sites for hydroxylation is 2. The Bertz CT molecular complexity index is 728. The van der Waals surface area contributed by atoms with Gasteiger partial charge >= 0.3 is 15.6 Å². The van der Waals surface area contributed by atoms with Crippen molar-refractivity contribution in [3.05, 3.63) is 35.7 Å². The minimum absolute atomic E-state index is 0.428. The first kappa shape index (κ1) is 15.4. The molecule has 0 amide bonds. The van der Waals surface area contributed by atoms with Gasteiger partial charge < -0.3 is 8.71 Å². The predicted octanol–water partition coefficient (Wildman–Crippen LogP) is 3.19. The van der Waals surface area contributed by atoms with E-state index in [1.165, 1.54) is 12.1 Å². The molecule has 1 heterocycles. The Balaban J connectivity index is 2.29. The summed E-state index contributed by atoms with van der Waals surface area (Å²) in [6.45, 7) is 3.40. The Morgan fingerprint density at radius 3 is 2.14 bits per heavy atom. The second-order valence-corrected chi connectivity index (χ2v) is 5.74. The van der Waals surface area contributed by atoms with E-state index >= 15 is 0 Å². The Hall–Kier alpha value is -2.03. The second-order valence-electron chi connectivity index (χ2n) is 4.21. The van der Waals surface area contributed by atoms with Gasteiger partial charge in [-0.15, -0.1) is 0 Å². The standard InChI is InChI=1S/C12H10F3NO4S/c1-7-11(8(2)19-16-7)9-3-5-10(6-4-9)20-21(17,18)12(13,14)15/h3-6H,1-2H3. The van der Waals surface area contributed by atoms with Crippen LogP contribution in [0.15, 0.2) is 28.8 Å². The summed E-state index contributed by atoms with van der Waals surface area (Å²) in [6.07, 6.45) is 0. The minimum atomic E-state index is -5.66. The number of benzene rings is 1. The largest absolute Gasteiger partial charge is 0.534 e. The SMILES string of the molecule is Cc1noc(C)c1-c1ccc(OS(=O)(=O)C(F)(F)F)cc1. The number of hydrogen-bond acceptors (Lipinski definition) is 5. The molecule has 0 N–H and O–H groups in total. The van der Waals surface area contributed by atoms with Gasteiger partial charge in [0.1, 0.15) is 11.5 Å². The van der Waals surface area contributed by atoms with Crippen molar-refractivity contribution in [1.82, 2.24) is 5.16 Å². The van der Waals surface area contributed by atoms with Gasteiger partial charge in [0, 0.05) is 5.56 Å². The van der Waals surface area contributed by atoms with Gasteiger partial charge in [-0.05, 0) is 31.5 Å². The lowest BCUT2D eigenvalue weighted by Crippen LogP contribution is -2.28. The molecule has 0 fully saturated rings. The summed E-state index contributed by atoms with van der Waals surface area (Å²) in [5.41, 5.74) is -3.53. The summed E-state index contributed by atoms with van der Waals surface area (Å²) >= 11 is 0. The molecule has 0 radical (unpaired) electrons. The monoisotopic (exact) mass is 321 g/mol. The molecule has 0 spiro atoms. The third kappa shape index (κ3) is 3.02. The highest BCUT2D eigenvalue weighted by molar-refractivity contribution is 7.87. The van der Waals surface area contributed by atoms with Crippen LogP contribution in [0.2, 0.25) is 0 Å². The Morgan fingerprint density at radius 2 is 1.71 bits per heavy atom. The van der Waals surface area contributed by atoms with Crippen molar-refractivity contribution in [2.75, 3.05) is 0 Å². The zero-order valence-electron chi connectivity index (χ0n) is 10.9. The first-order valence-corrected chi connectivity index (χ1v) is 7.07. The van der Waals surface area contributed by atoms with Crippen LogP contribution >= 0.6 is 0 Å². The highest BCUT2D eigenvalue weighted by Gasteiger charge is 2.48. The van der Waals surface area contributed by atoms with Crippen molar-refractivity contribution in [3.63, 3.8) is 0 Å². The highest BCUT2D eigenvalue weighted by Crippen LogP contribution is 2.30. The van der Waals surface area contributed by atoms with Gasteiger partial charge in [0.2, 0.25) is 0 Å². The molecule has 1 aromatic heterocycles. The topological polar surface area (TPSA) is 69.4 Å². The van der Waals surface area contributed by atoms with Crippen LogP contribution in [-0.2, 0) is 10.1 Å². The molecule has 1 aromatic carbocycles. The number of nitrogens with zero attached hydrogens (tertiary/aromatic N) is 1. The predicted molar refractivity (Wildman–Crippen MR) is 67.0 cm³/mol. The van der Waals surface area contributed by atoms with Crippen LogP contribution in [0, 0.1) is 13.8 Å². The van der Waals surface area contributed by atoms with Gasteiger partial charge in [-0.1, -0.05) is 17.3 Å². The van der Waals surface area contributed by atoms with Crippen molar-refractivity contribution in [1.29, 1.82) is 0 Å². The van der Waals surface area contributed by atoms with Crippen molar-refractivity contribution >= 4 is 10.1 Å². The molecule has 0 aliphatic heterocycles. The van der Waals surface area contributed by atoms with Crippen molar-refractivity contribution in [3.8, 4) is 16.9 Å². The molecule has 0 aliphatic carbocycles. The molecule has 0 aliphatic rings. The van der Waals surface area contributed by atoms with Crippen molar-refractivity contribution < 1.29 is 30.3 Å². The molecule has 5 nitrogen and oxygen atoms in total. The Labute approximate surface area is 118 Å². The maximum absolute atomic E-state index is 12.2. The quantitative estimate of drug-likeness (QED) is 0.641. The summed E-state index contributed by atoms with van der Waals surface area (Å²) in [4.78, 5) is 0. The van der Waals surface area contributed by atoms with Gasteiger partial charge in [0.15, 0.2) is 0 Å². The van der Waals surface area contributed by atoms with E-state index in [0.29, 0.717) is 22.6 Å². The first-order chi connectivity index (χ1) is 9.62. The van der Waals surface area contributed by atoms with Gasteiger partial charge in [-0.25, -0.2) is 0 Å². The minimum Gasteiger partial charge on any atom is -0.376 e. The average molecular weight is 321 g/mol. The number of aromatic nitrogens is 1. The van der Waals surface area contributed by atoms with E-state index in [1.807, 2.05) is 0 Å². The number of alkyl halides is 3. The fourth-order valence-electron chi connectivity index (χ4n) is 1.75. The third-order valence-corrected chi connectivity index (χ3v) is 3.64. The van der Waals surface area contributed by atoms with Gasteiger partial charge in [-0.3, -0.25) is 0 Å². The summed E-state index contributed by atoms with van der Waals surface area (Å²) in [6, 6.07) is 5.11. The van der Waals surface area contributed by atoms with E-state index in [0.717, 1.165) is 12.1 Å². The van der Waals surface area contributed by atoms with E-state index in [4.69, 9.17) is 4.52 Å². The van der Waals surface area contributed by atoms with Crippen molar-refractivity contribution in [2.45, 2.75) is 19.4 Å². The molecule has 9 heteroatoms. The number of rotatable bonds is 3. The smallest absolute Gasteiger partial charge is 0.376 e. The first-order valence-electron chi connectivity index (χ1n) is 5.66. The summed E-state index contributed by atoms with van der Waals surface area (Å²) in [5.74, 6) is 0.118. The number of hydrogen-bond donors (Lipinski definition) is 0. The van der Waals surface area contributed by atoms with Crippen molar-refractivity contribution in [2.24, 2.45) is 0 Å². The van der Waals surface area contributed by atoms with Crippen LogP contribution in [0.4, 0.5) is 13.2 Å². The maximum atomic E-state index is 12.2. The van der Waals surface area contributed by atoms with Crippen LogP contribution < -0.4 is 4.18 Å². The summed E-state index contributed by atoms with van der Waals surface area (Å²) < 4.78 is 67.3. The molecule has 0 atom stereocenters. The van der Waals surface area contributed by atoms with E-state index in [-0.39, 0.29) is 0 Å². The normalized spacial score (nSPS) is 12.4. The van der Waals surface area contributed by atoms with E-state index < -0.39 is 21.4 Å². The fraction of sp³-hybridized carbons (Fsp3) is 0.250. The van der Waals surface area contributed by atoms with E-state index in [1.54, 1.807) is 13.8 Å². The Kier molecular flexibility index (Phi) is 3.70. The molecule has 21 heavy (non-hydrogen) atoms. The molecule has 0 unspecified atom stereocenters. The lowest BCUT2D eigenvalue weighted by Gasteiger charge is -2.09. The summed E-state index contributed by atoms with van der Waals surface area (Å²) in [5, 5.41) is 3.76. The number of halogens is 3. The van der Waals surface area contributed by atoms with E-state index in [2.05, 4.69) is 9.34 Å². The van der Waals surface area contributed by atoms with Crippen LogP contribution in [-0.4, -0.2) is 19.1 Å². The summed E-state index contributed by atoms with van der Waals surface area (Å²) in [7, 11) is -5.66. The van der Waals surface area contributed by atoms with Crippen LogP contribution in [0.25, 0.3) is 11.1 Å². The van der Waals surface area contributed by atoms with E-state index in [9.17, 15) is 21.6 Å². The maximum Gasteiger partial charge on any atom is 0.534 e. The molecular weight excluding hydrogens is 311 g/mol.